The fourth-order valence-corrected chi connectivity index (χ4v) is 5.12. The summed E-state index contributed by atoms with van der Waals surface area (Å²) in [4.78, 5) is 28.2. The molecule has 8 heteroatoms. The Kier molecular flexibility index (Phi) is 6.59. The number of likely N-dealkylation sites (tertiary alicyclic amines) is 1. The van der Waals surface area contributed by atoms with Gasteiger partial charge in [-0.25, -0.2) is 9.78 Å². The van der Waals surface area contributed by atoms with Crippen LogP contribution < -0.4 is 0 Å². The smallest absolute Gasteiger partial charge is 0.336 e. The molecule has 1 aromatic heterocycles. The predicted octanol–water partition coefficient (Wildman–Crippen LogP) is 3.65. The molecule has 0 amide bonds. The third kappa shape index (κ3) is 4.68. The van der Waals surface area contributed by atoms with Crippen molar-refractivity contribution in [1.29, 1.82) is 5.26 Å². The van der Waals surface area contributed by atoms with E-state index in [1.54, 1.807) is 0 Å². The molecule has 2 aliphatic heterocycles. The number of nitrogens with zero attached hydrogens (tertiary/aromatic N) is 6. The number of nitriles is 1. The van der Waals surface area contributed by atoms with E-state index in [1.165, 1.54) is 0 Å². The van der Waals surface area contributed by atoms with E-state index in [0.717, 1.165) is 69.2 Å². The summed E-state index contributed by atoms with van der Waals surface area (Å²) in [5.41, 5.74) is 3.36. The van der Waals surface area contributed by atoms with Crippen molar-refractivity contribution in [3.63, 3.8) is 0 Å². The summed E-state index contributed by atoms with van der Waals surface area (Å²) in [6, 6.07) is 17.2. The molecular formula is C27H28N6O2. The Bertz CT molecular complexity index is 1290. The van der Waals surface area contributed by atoms with E-state index >= 15 is 0 Å². The second-order valence-electron chi connectivity index (χ2n) is 8.97. The maximum atomic E-state index is 12.5. The first-order valence-corrected chi connectivity index (χ1v) is 12.0. The number of rotatable bonds is 4. The van der Waals surface area contributed by atoms with Crippen LogP contribution in [0.2, 0.25) is 0 Å². The lowest BCUT2D eigenvalue weighted by Crippen LogP contribution is -2.52. The quantitative estimate of drug-likeness (QED) is 0.355. The molecule has 0 atom stereocenters. The largest absolute Gasteiger partial charge is 0.478 e. The second kappa shape index (κ2) is 10.1. The number of aliphatic imine (C=N–C) groups is 1. The van der Waals surface area contributed by atoms with Crippen molar-refractivity contribution in [2.75, 3.05) is 39.3 Å². The number of carboxylic acids is 1. The third-order valence-corrected chi connectivity index (χ3v) is 6.83. The molecule has 2 fully saturated rings. The van der Waals surface area contributed by atoms with Crippen LogP contribution in [0.1, 0.15) is 28.8 Å². The molecule has 0 bridgehead atoms. The van der Waals surface area contributed by atoms with Crippen LogP contribution in [0.5, 0.6) is 0 Å². The van der Waals surface area contributed by atoms with Crippen LogP contribution in [0.15, 0.2) is 59.6 Å². The average Bonchev–Trinajstić information content (AvgIpc) is 3.42. The minimum absolute atomic E-state index is 0.320. The van der Waals surface area contributed by atoms with Crippen LogP contribution in [0.25, 0.3) is 22.2 Å². The molecule has 0 aliphatic carbocycles. The Hall–Kier alpha value is -3.96. The topological polar surface area (TPSA) is 96.1 Å². The normalized spacial score (nSPS) is 17.1. The lowest BCUT2D eigenvalue weighted by Gasteiger charge is -2.38. The van der Waals surface area contributed by atoms with E-state index in [9.17, 15) is 15.2 Å². The number of guanidine groups is 1. The lowest BCUT2D eigenvalue weighted by molar-refractivity contribution is 0.0696. The third-order valence-electron chi connectivity index (χ3n) is 6.83. The molecule has 0 saturated carbocycles. The molecule has 5 rings (SSSR count). The summed E-state index contributed by atoms with van der Waals surface area (Å²) in [6.45, 7) is 5.34. The van der Waals surface area contributed by atoms with Gasteiger partial charge in [0.2, 0.25) is 12.2 Å². The fourth-order valence-electron chi connectivity index (χ4n) is 5.12. The summed E-state index contributed by atoms with van der Waals surface area (Å²) in [7, 11) is 0. The van der Waals surface area contributed by atoms with Crippen molar-refractivity contribution < 1.29 is 9.90 Å². The van der Waals surface area contributed by atoms with Gasteiger partial charge in [-0.3, -0.25) is 4.90 Å². The number of piperazine rings is 1. The Morgan fingerprint density at radius 1 is 0.943 bits per heavy atom. The number of carbonyl (C=O) groups is 1. The van der Waals surface area contributed by atoms with Crippen LogP contribution in [0.4, 0.5) is 0 Å². The molecule has 0 spiro atoms. The van der Waals surface area contributed by atoms with E-state index in [0.29, 0.717) is 28.7 Å². The van der Waals surface area contributed by atoms with Crippen molar-refractivity contribution in [1.82, 2.24) is 19.7 Å². The van der Waals surface area contributed by atoms with Gasteiger partial charge in [0.1, 0.15) is 0 Å². The average molecular weight is 469 g/mol. The molecule has 8 nitrogen and oxygen atoms in total. The highest BCUT2D eigenvalue weighted by Gasteiger charge is 2.28. The summed E-state index contributed by atoms with van der Waals surface area (Å²) in [5.74, 6) is -0.167. The highest BCUT2D eigenvalue weighted by molar-refractivity contribution is 6.05. The van der Waals surface area contributed by atoms with E-state index in [-0.39, 0.29) is 0 Å². The number of para-hydroxylation sites is 1. The van der Waals surface area contributed by atoms with Gasteiger partial charge in [0.15, 0.2) is 0 Å². The van der Waals surface area contributed by atoms with E-state index in [1.807, 2.05) is 60.8 Å². The summed E-state index contributed by atoms with van der Waals surface area (Å²) >= 11 is 0. The minimum Gasteiger partial charge on any atom is -0.478 e. The van der Waals surface area contributed by atoms with Crippen molar-refractivity contribution in [2.45, 2.75) is 19.4 Å². The van der Waals surface area contributed by atoms with E-state index in [2.05, 4.69) is 19.7 Å². The first-order chi connectivity index (χ1) is 17.2. The summed E-state index contributed by atoms with van der Waals surface area (Å²) in [6.07, 6.45) is 4.22. The monoisotopic (exact) mass is 468 g/mol. The molecule has 1 N–H and O–H groups in total. The van der Waals surface area contributed by atoms with Crippen LogP contribution in [0, 0.1) is 11.5 Å². The molecule has 35 heavy (non-hydrogen) atoms. The van der Waals surface area contributed by atoms with Gasteiger partial charge in [0.05, 0.1) is 16.8 Å². The molecular weight excluding hydrogens is 440 g/mol. The number of pyridine rings is 1. The van der Waals surface area contributed by atoms with Gasteiger partial charge >= 0.3 is 5.97 Å². The molecule has 2 aliphatic rings. The first-order valence-electron chi connectivity index (χ1n) is 12.0. The number of carboxylic acid groups (broad SMARTS) is 1. The molecule has 3 heterocycles. The maximum Gasteiger partial charge on any atom is 0.336 e. The van der Waals surface area contributed by atoms with Gasteiger partial charge in [-0.05, 0) is 18.9 Å². The SMILES string of the molecule is N#C/N=C(\N1CCCC1)N1CCN(Cc2c(-c3ccccc3)nc3ccccc3c2C(=O)O)CC1. The van der Waals surface area contributed by atoms with Crippen molar-refractivity contribution in [3.05, 3.63) is 65.7 Å². The Balaban J connectivity index is 1.45. The van der Waals surface area contributed by atoms with E-state index < -0.39 is 5.97 Å². The van der Waals surface area contributed by atoms with Gasteiger partial charge in [-0.1, -0.05) is 48.5 Å². The van der Waals surface area contributed by atoms with Crippen LogP contribution in [-0.2, 0) is 6.54 Å². The van der Waals surface area contributed by atoms with Gasteiger partial charge in [0, 0.05) is 62.3 Å². The Labute approximate surface area is 204 Å². The molecule has 0 radical (unpaired) electrons. The lowest BCUT2D eigenvalue weighted by atomic mass is 9.96. The van der Waals surface area contributed by atoms with Crippen molar-refractivity contribution in [2.24, 2.45) is 4.99 Å². The highest BCUT2D eigenvalue weighted by atomic mass is 16.4. The van der Waals surface area contributed by atoms with Crippen molar-refractivity contribution in [3.8, 4) is 17.5 Å². The van der Waals surface area contributed by atoms with Crippen LogP contribution in [-0.4, -0.2) is 76.0 Å². The van der Waals surface area contributed by atoms with Gasteiger partial charge in [-0.2, -0.15) is 5.26 Å². The number of hydrogen-bond donors (Lipinski definition) is 1. The summed E-state index contributed by atoms with van der Waals surface area (Å²) in [5, 5.41) is 20.1. The zero-order chi connectivity index (χ0) is 24.2. The van der Waals surface area contributed by atoms with Gasteiger partial charge in [-0.15, -0.1) is 4.99 Å². The van der Waals surface area contributed by atoms with Crippen LogP contribution in [0.3, 0.4) is 0 Å². The highest BCUT2D eigenvalue weighted by Crippen LogP contribution is 2.31. The molecule has 2 saturated heterocycles. The minimum atomic E-state index is -0.938. The van der Waals surface area contributed by atoms with E-state index in [4.69, 9.17) is 4.98 Å². The molecule has 178 valence electrons. The number of aromatic carboxylic acids is 1. The van der Waals surface area contributed by atoms with Gasteiger partial charge in [0.25, 0.3) is 0 Å². The first kappa shape index (κ1) is 22.8. The van der Waals surface area contributed by atoms with Gasteiger partial charge < -0.3 is 14.9 Å². The predicted molar refractivity (Wildman–Crippen MR) is 135 cm³/mol. The number of benzene rings is 2. The standard InChI is InChI=1S/C27H28N6O2/c28-19-29-27(32-12-6-7-13-32)33-16-14-31(15-17-33)18-22-24(26(34)35)21-10-4-5-11-23(21)30-25(22)20-8-2-1-3-9-20/h1-5,8-11H,6-7,12-18H2,(H,34,35)/b29-27+. The Morgan fingerprint density at radius 3 is 2.29 bits per heavy atom. The zero-order valence-corrected chi connectivity index (χ0v) is 19.6. The Morgan fingerprint density at radius 2 is 1.60 bits per heavy atom. The molecule has 3 aromatic rings. The maximum absolute atomic E-state index is 12.5. The molecule has 0 unspecified atom stereocenters. The van der Waals surface area contributed by atoms with Crippen molar-refractivity contribution >= 4 is 22.8 Å². The number of fused-ring (bicyclic) bond motifs is 1. The summed E-state index contributed by atoms with van der Waals surface area (Å²) < 4.78 is 0. The molecule has 2 aromatic carbocycles. The number of aromatic nitrogens is 1. The fraction of sp³-hybridized carbons (Fsp3) is 0.333. The van der Waals surface area contributed by atoms with Crippen LogP contribution >= 0.6 is 0 Å². The zero-order valence-electron chi connectivity index (χ0n) is 19.6. The number of hydrogen-bond acceptors (Lipinski definition) is 5. The second-order valence-corrected chi connectivity index (χ2v) is 8.97.